The molecular weight excluding hydrogens is 218 g/mol. The van der Waals surface area contributed by atoms with Crippen LogP contribution in [0.5, 0.6) is 0 Å². The SMILES string of the molecule is C=C1Cn2ccc3cccc1c32.C=CC.CCC. The summed E-state index contributed by atoms with van der Waals surface area (Å²) in [6.07, 6.45) is 5.13. The van der Waals surface area contributed by atoms with Gasteiger partial charge in [0, 0.05) is 23.7 Å². The van der Waals surface area contributed by atoms with Gasteiger partial charge in [0.25, 0.3) is 0 Å². The van der Waals surface area contributed by atoms with Crippen LogP contribution in [-0.4, -0.2) is 4.57 Å². The molecule has 0 spiro atoms. The van der Waals surface area contributed by atoms with Crippen molar-refractivity contribution in [2.45, 2.75) is 33.7 Å². The van der Waals surface area contributed by atoms with Crippen LogP contribution in [0.1, 0.15) is 32.8 Å². The van der Waals surface area contributed by atoms with E-state index in [0.717, 1.165) is 6.54 Å². The second kappa shape index (κ2) is 6.85. The first-order valence-corrected chi connectivity index (χ1v) is 6.52. The molecule has 1 heteroatoms. The van der Waals surface area contributed by atoms with Crippen molar-refractivity contribution in [2.75, 3.05) is 0 Å². The van der Waals surface area contributed by atoms with E-state index in [-0.39, 0.29) is 0 Å². The second-order valence-electron chi connectivity index (χ2n) is 4.41. The van der Waals surface area contributed by atoms with Crippen LogP contribution < -0.4 is 0 Å². The molecule has 0 amide bonds. The van der Waals surface area contributed by atoms with E-state index in [9.17, 15) is 0 Å². The normalized spacial score (nSPS) is 11.4. The van der Waals surface area contributed by atoms with Gasteiger partial charge in [-0.2, -0.15) is 0 Å². The first kappa shape index (κ1) is 14.3. The number of rotatable bonds is 0. The third-order valence-corrected chi connectivity index (χ3v) is 2.53. The number of hydrogen-bond acceptors (Lipinski definition) is 0. The van der Waals surface area contributed by atoms with Crippen molar-refractivity contribution >= 4 is 16.5 Å². The Balaban J connectivity index is 0.000000234. The molecule has 0 bridgehead atoms. The predicted molar refractivity (Wildman–Crippen MR) is 82.8 cm³/mol. The fraction of sp³-hybridized carbons (Fsp3) is 0.294. The largest absolute Gasteiger partial charge is 0.343 e. The number of hydrogen-bond donors (Lipinski definition) is 0. The van der Waals surface area contributed by atoms with Gasteiger partial charge in [0.05, 0.1) is 5.52 Å². The van der Waals surface area contributed by atoms with Crippen molar-refractivity contribution in [3.05, 3.63) is 55.3 Å². The highest BCUT2D eigenvalue weighted by atomic mass is 15.0. The Hall–Kier alpha value is -1.76. The second-order valence-corrected chi connectivity index (χ2v) is 4.41. The number of benzene rings is 1. The summed E-state index contributed by atoms with van der Waals surface area (Å²) < 4.78 is 2.26. The van der Waals surface area contributed by atoms with Crippen molar-refractivity contribution in [3.8, 4) is 0 Å². The van der Waals surface area contributed by atoms with Gasteiger partial charge >= 0.3 is 0 Å². The average Bonchev–Trinajstić information content (AvgIpc) is 2.88. The predicted octanol–water partition coefficient (Wildman–Crippen LogP) is 5.28. The van der Waals surface area contributed by atoms with Gasteiger partial charge in [-0.05, 0) is 18.6 Å². The van der Waals surface area contributed by atoms with E-state index >= 15 is 0 Å². The van der Waals surface area contributed by atoms with Gasteiger partial charge in [0.15, 0.2) is 0 Å². The average molecular weight is 241 g/mol. The highest BCUT2D eigenvalue weighted by Crippen LogP contribution is 2.32. The van der Waals surface area contributed by atoms with Gasteiger partial charge in [0.1, 0.15) is 0 Å². The molecule has 3 rings (SSSR count). The standard InChI is InChI=1S/C11H9N.C3H8.C3H6/c1-8-7-12-6-5-9-3-2-4-10(8)11(9)12;2*1-3-2/h2-6H,1,7H2;3H2,1-2H3;3H,1H2,2H3. The maximum absolute atomic E-state index is 4.05. The van der Waals surface area contributed by atoms with Crippen LogP contribution in [0.15, 0.2) is 49.7 Å². The molecule has 0 fully saturated rings. The lowest BCUT2D eigenvalue weighted by molar-refractivity contribution is 0.909. The van der Waals surface area contributed by atoms with Crippen molar-refractivity contribution in [2.24, 2.45) is 0 Å². The Morgan fingerprint density at radius 3 is 2.50 bits per heavy atom. The summed E-state index contributed by atoms with van der Waals surface area (Å²) in [5, 5.41) is 1.33. The zero-order chi connectivity index (χ0) is 13.5. The summed E-state index contributed by atoms with van der Waals surface area (Å²) in [5.41, 5.74) is 3.90. The first-order chi connectivity index (χ1) is 8.69. The fourth-order valence-electron chi connectivity index (χ4n) is 1.97. The van der Waals surface area contributed by atoms with E-state index in [1.54, 1.807) is 6.08 Å². The topological polar surface area (TPSA) is 4.93 Å². The molecule has 0 atom stereocenters. The van der Waals surface area contributed by atoms with Crippen LogP contribution in [0, 0.1) is 0 Å². The van der Waals surface area contributed by atoms with Crippen LogP contribution in [-0.2, 0) is 6.54 Å². The summed E-state index contributed by atoms with van der Waals surface area (Å²) in [5.74, 6) is 0. The smallest absolute Gasteiger partial charge is 0.0560 e. The van der Waals surface area contributed by atoms with Crippen LogP contribution in [0.4, 0.5) is 0 Å². The summed E-state index contributed by atoms with van der Waals surface area (Å²) in [6.45, 7) is 14.5. The van der Waals surface area contributed by atoms with Crippen molar-refractivity contribution in [3.63, 3.8) is 0 Å². The minimum absolute atomic E-state index is 0.961. The lowest BCUT2D eigenvalue weighted by atomic mass is 10.1. The van der Waals surface area contributed by atoms with Crippen molar-refractivity contribution in [1.29, 1.82) is 0 Å². The Morgan fingerprint density at radius 2 is 1.89 bits per heavy atom. The minimum atomic E-state index is 0.961. The molecule has 0 saturated heterocycles. The molecule has 1 aliphatic rings. The monoisotopic (exact) mass is 241 g/mol. The molecule has 1 nitrogen and oxygen atoms in total. The maximum atomic E-state index is 4.05. The van der Waals surface area contributed by atoms with E-state index in [2.05, 4.69) is 62.0 Å². The number of nitrogens with zero attached hydrogens (tertiary/aromatic N) is 1. The Labute approximate surface area is 110 Å². The van der Waals surface area contributed by atoms with E-state index in [4.69, 9.17) is 0 Å². The molecule has 0 saturated carbocycles. The summed E-state index contributed by atoms with van der Waals surface area (Å²) >= 11 is 0. The molecule has 0 aliphatic carbocycles. The summed E-state index contributed by atoms with van der Waals surface area (Å²) in [7, 11) is 0. The Morgan fingerprint density at radius 1 is 1.28 bits per heavy atom. The van der Waals surface area contributed by atoms with E-state index < -0.39 is 0 Å². The van der Waals surface area contributed by atoms with E-state index in [1.807, 2.05) is 6.92 Å². The maximum Gasteiger partial charge on any atom is 0.0560 e. The van der Waals surface area contributed by atoms with Gasteiger partial charge in [-0.1, -0.05) is 51.1 Å². The lowest BCUT2D eigenvalue weighted by Crippen LogP contribution is -1.85. The Kier molecular flexibility index (Phi) is 5.44. The van der Waals surface area contributed by atoms with Gasteiger partial charge in [-0.15, -0.1) is 6.58 Å². The molecule has 1 aromatic carbocycles. The third kappa shape index (κ3) is 2.92. The molecule has 0 radical (unpaired) electrons. The van der Waals surface area contributed by atoms with E-state index in [1.165, 1.54) is 28.5 Å². The van der Waals surface area contributed by atoms with Crippen LogP contribution in [0.25, 0.3) is 16.5 Å². The van der Waals surface area contributed by atoms with Gasteiger partial charge in [-0.3, -0.25) is 0 Å². The van der Waals surface area contributed by atoms with Gasteiger partial charge in [0.2, 0.25) is 0 Å². The molecule has 0 N–H and O–H groups in total. The zero-order valence-electron chi connectivity index (χ0n) is 11.7. The van der Waals surface area contributed by atoms with Gasteiger partial charge < -0.3 is 4.57 Å². The molecule has 2 heterocycles. The highest BCUT2D eigenvalue weighted by molar-refractivity contribution is 5.94. The third-order valence-electron chi connectivity index (χ3n) is 2.53. The highest BCUT2D eigenvalue weighted by Gasteiger charge is 2.15. The van der Waals surface area contributed by atoms with Crippen LogP contribution >= 0.6 is 0 Å². The van der Waals surface area contributed by atoms with Crippen molar-refractivity contribution in [1.82, 2.24) is 4.57 Å². The van der Waals surface area contributed by atoms with E-state index in [0.29, 0.717) is 0 Å². The molecule has 0 unspecified atom stereocenters. The molecule has 2 aromatic rings. The van der Waals surface area contributed by atoms with Crippen LogP contribution in [0.3, 0.4) is 0 Å². The number of para-hydroxylation sites is 1. The quantitative estimate of drug-likeness (QED) is 0.553. The fourth-order valence-corrected chi connectivity index (χ4v) is 1.97. The molecule has 1 aromatic heterocycles. The molecular formula is C17H23N. The molecule has 96 valence electrons. The summed E-state index contributed by atoms with van der Waals surface area (Å²) in [6, 6.07) is 8.55. The lowest BCUT2D eigenvalue weighted by Gasteiger charge is -1.94. The first-order valence-electron chi connectivity index (χ1n) is 6.52. The van der Waals surface area contributed by atoms with Gasteiger partial charge in [-0.25, -0.2) is 0 Å². The van der Waals surface area contributed by atoms with Crippen molar-refractivity contribution < 1.29 is 0 Å². The van der Waals surface area contributed by atoms with Crippen LogP contribution in [0.2, 0.25) is 0 Å². The Bertz CT molecular complexity index is 532. The minimum Gasteiger partial charge on any atom is -0.343 e. The molecule has 18 heavy (non-hydrogen) atoms. The number of aromatic nitrogens is 1. The zero-order valence-corrected chi connectivity index (χ0v) is 11.7. The summed E-state index contributed by atoms with van der Waals surface area (Å²) in [4.78, 5) is 0. The molecule has 1 aliphatic heterocycles. The number of allylic oxidation sites excluding steroid dienone is 2.